The first-order valence-corrected chi connectivity index (χ1v) is 4.90. The lowest BCUT2D eigenvalue weighted by molar-refractivity contribution is 0.453. The van der Waals surface area contributed by atoms with E-state index in [1.165, 1.54) is 12.1 Å². The average Bonchev–Trinajstić information content (AvgIpc) is 2.15. The van der Waals surface area contributed by atoms with Crippen LogP contribution in [0.5, 0.6) is 17.2 Å². The summed E-state index contributed by atoms with van der Waals surface area (Å²) in [6.07, 6.45) is 0. The van der Waals surface area contributed by atoms with Gasteiger partial charge in [0.1, 0.15) is 17.2 Å². The van der Waals surface area contributed by atoms with Gasteiger partial charge < -0.3 is 15.3 Å². The SMILES string of the molecule is Cc1cc(O)c(-c2cccc(O)c2)c(O)c1. The van der Waals surface area contributed by atoms with Crippen LogP contribution in [0.15, 0.2) is 36.4 Å². The van der Waals surface area contributed by atoms with Gasteiger partial charge in [0.05, 0.1) is 5.56 Å². The van der Waals surface area contributed by atoms with E-state index >= 15 is 0 Å². The Bertz CT molecular complexity index is 509. The first-order chi connectivity index (χ1) is 7.58. The van der Waals surface area contributed by atoms with Crippen LogP contribution in [0, 0.1) is 6.92 Å². The van der Waals surface area contributed by atoms with Crippen LogP contribution in [0.3, 0.4) is 0 Å². The van der Waals surface area contributed by atoms with Crippen molar-refractivity contribution in [3.63, 3.8) is 0 Å². The Morgan fingerprint density at radius 2 is 1.50 bits per heavy atom. The van der Waals surface area contributed by atoms with Crippen LogP contribution in [0.25, 0.3) is 11.1 Å². The molecule has 0 radical (unpaired) electrons. The van der Waals surface area contributed by atoms with Gasteiger partial charge in [-0.25, -0.2) is 0 Å². The molecule has 2 aromatic rings. The number of benzene rings is 2. The Morgan fingerprint density at radius 1 is 0.875 bits per heavy atom. The zero-order chi connectivity index (χ0) is 11.7. The summed E-state index contributed by atoms with van der Waals surface area (Å²) in [6.45, 7) is 1.78. The van der Waals surface area contributed by atoms with Crippen molar-refractivity contribution in [2.24, 2.45) is 0 Å². The van der Waals surface area contributed by atoms with Gasteiger partial charge in [-0.3, -0.25) is 0 Å². The molecule has 3 nitrogen and oxygen atoms in total. The second-order valence-corrected chi connectivity index (χ2v) is 3.73. The molecular formula is C13H12O3. The first-order valence-electron chi connectivity index (χ1n) is 4.90. The topological polar surface area (TPSA) is 60.7 Å². The van der Waals surface area contributed by atoms with Crippen molar-refractivity contribution in [2.45, 2.75) is 6.92 Å². The number of phenolic OH excluding ortho intramolecular Hbond substituents is 3. The zero-order valence-corrected chi connectivity index (χ0v) is 8.81. The van der Waals surface area contributed by atoms with Crippen molar-refractivity contribution in [1.29, 1.82) is 0 Å². The second kappa shape index (κ2) is 3.77. The fourth-order valence-electron chi connectivity index (χ4n) is 1.71. The van der Waals surface area contributed by atoms with Crippen LogP contribution >= 0.6 is 0 Å². The minimum absolute atomic E-state index is 0.00287. The predicted octanol–water partition coefficient (Wildman–Crippen LogP) is 2.78. The number of hydrogen-bond donors (Lipinski definition) is 3. The van der Waals surface area contributed by atoms with Gasteiger partial charge in [0.25, 0.3) is 0 Å². The van der Waals surface area contributed by atoms with Gasteiger partial charge in [0.2, 0.25) is 0 Å². The Balaban J connectivity index is 2.64. The molecule has 0 aliphatic heterocycles. The maximum atomic E-state index is 9.77. The van der Waals surface area contributed by atoms with Gasteiger partial charge in [0.15, 0.2) is 0 Å². The zero-order valence-electron chi connectivity index (χ0n) is 8.81. The highest BCUT2D eigenvalue weighted by Crippen LogP contribution is 2.38. The Hall–Kier alpha value is -2.16. The summed E-state index contributed by atoms with van der Waals surface area (Å²) in [4.78, 5) is 0. The fourth-order valence-corrected chi connectivity index (χ4v) is 1.71. The van der Waals surface area contributed by atoms with E-state index in [0.29, 0.717) is 11.1 Å². The molecule has 0 aliphatic carbocycles. The van der Waals surface area contributed by atoms with E-state index in [4.69, 9.17) is 0 Å². The molecule has 0 atom stereocenters. The van der Waals surface area contributed by atoms with Crippen LogP contribution < -0.4 is 0 Å². The van der Waals surface area contributed by atoms with E-state index < -0.39 is 0 Å². The number of aromatic hydroxyl groups is 3. The second-order valence-electron chi connectivity index (χ2n) is 3.73. The molecule has 3 heteroatoms. The van der Waals surface area contributed by atoms with E-state index in [9.17, 15) is 15.3 Å². The molecule has 16 heavy (non-hydrogen) atoms. The molecule has 0 aliphatic rings. The van der Waals surface area contributed by atoms with Crippen LogP contribution in [-0.2, 0) is 0 Å². The smallest absolute Gasteiger partial charge is 0.127 e. The summed E-state index contributed by atoms with van der Waals surface area (Å²) in [6, 6.07) is 9.53. The van der Waals surface area contributed by atoms with Gasteiger partial charge in [-0.2, -0.15) is 0 Å². The molecule has 3 N–H and O–H groups in total. The van der Waals surface area contributed by atoms with Crippen molar-refractivity contribution in [2.75, 3.05) is 0 Å². The van der Waals surface area contributed by atoms with Gasteiger partial charge in [-0.05, 0) is 42.3 Å². The molecule has 0 aromatic heterocycles. The molecule has 0 saturated carbocycles. The third kappa shape index (κ3) is 1.80. The van der Waals surface area contributed by atoms with E-state index in [1.807, 2.05) is 0 Å². The molecule has 2 rings (SSSR count). The van der Waals surface area contributed by atoms with Crippen LogP contribution in [0.1, 0.15) is 5.56 Å². The Labute approximate surface area is 93.2 Å². The highest BCUT2D eigenvalue weighted by Gasteiger charge is 2.11. The molecule has 0 amide bonds. The van der Waals surface area contributed by atoms with Gasteiger partial charge in [-0.15, -0.1) is 0 Å². The lowest BCUT2D eigenvalue weighted by Gasteiger charge is -2.08. The van der Waals surface area contributed by atoms with E-state index in [0.717, 1.165) is 5.56 Å². The summed E-state index contributed by atoms with van der Waals surface area (Å²) < 4.78 is 0. The molecule has 82 valence electrons. The summed E-state index contributed by atoms with van der Waals surface area (Å²) in [5, 5.41) is 28.9. The number of hydrogen-bond acceptors (Lipinski definition) is 3. The van der Waals surface area contributed by atoms with Crippen molar-refractivity contribution in [1.82, 2.24) is 0 Å². The van der Waals surface area contributed by atoms with Crippen LogP contribution in [0.2, 0.25) is 0 Å². The highest BCUT2D eigenvalue weighted by atomic mass is 16.3. The maximum absolute atomic E-state index is 9.77. The summed E-state index contributed by atoms with van der Waals surface area (Å²) in [7, 11) is 0. The summed E-state index contributed by atoms with van der Waals surface area (Å²) in [5.41, 5.74) is 1.69. The number of aryl methyl sites for hydroxylation is 1. The minimum atomic E-state index is 0.00287. The average molecular weight is 216 g/mol. The summed E-state index contributed by atoms with van der Waals surface area (Å²) >= 11 is 0. The van der Waals surface area contributed by atoms with E-state index in [1.54, 1.807) is 31.2 Å². The molecular weight excluding hydrogens is 204 g/mol. The minimum Gasteiger partial charge on any atom is -0.508 e. The van der Waals surface area contributed by atoms with Crippen LogP contribution in [0.4, 0.5) is 0 Å². The summed E-state index contributed by atoms with van der Waals surface area (Å²) in [5.74, 6) is 0.100. The molecule has 2 aromatic carbocycles. The Morgan fingerprint density at radius 3 is 2.06 bits per heavy atom. The predicted molar refractivity (Wildman–Crippen MR) is 61.6 cm³/mol. The van der Waals surface area contributed by atoms with Crippen molar-refractivity contribution in [3.05, 3.63) is 42.0 Å². The third-order valence-electron chi connectivity index (χ3n) is 2.38. The molecule has 0 saturated heterocycles. The lowest BCUT2D eigenvalue weighted by Crippen LogP contribution is -1.82. The van der Waals surface area contributed by atoms with Crippen molar-refractivity contribution < 1.29 is 15.3 Å². The molecule has 0 fully saturated rings. The lowest BCUT2D eigenvalue weighted by atomic mass is 10.0. The van der Waals surface area contributed by atoms with Gasteiger partial charge >= 0.3 is 0 Å². The number of phenols is 3. The van der Waals surface area contributed by atoms with Gasteiger partial charge in [-0.1, -0.05) is 12.1 Å². The molecule has 0 unspecified atom stereocenters. The number of rotatable bonds is 1. The first kappa shape index (κ1) is 10.4. The molecule has 0 spiro atoms. The van der Waals surface area contributed by atoms with Gasteiger partial charge in [0, 0.05) is 0 Å². The van der Waals surface area contributed by atoms with Crippen molar-refractivity contribution >= 4 is 0 Å². The van der Waals surface area contributed by atoms with E-state index in [2.05, 4.69) is 0 Å². The fraction of sp³-hybridized carbons (Fsp3) is 0.0769. The monoisotopic (exact) mass is 216 g/mol. The largest absolute Gasteiger partial charge is 0.508 e. The standard InChI is InChI=1S/C13H12O3/c1-8-5-11(15)13(12(16)6-8)9-3-2-4-10(14)7-9/h2-7,14-16H,1H3. The highest BCUT2D eigenvalue weighted by molar-refractivity contribution is 5.77. The molecule has 0 bridgehead atoms. The quantitative estimate of drug-likeness (QED) is 0.686. The van der Waals surface area contributed by atoms with Crippen molar-refractivity contribution in [3.8, 4) is 28.4 Å². The maximum Gasteiger partial charge on any atom is 0.127 e. The molecule has 0 heterocycles. The van der Waals surface area contributed by atoms with Crippen LogP contribution in [-0.4, -0.2) is 15.3 Å². The Kier molecular flexibility index (Phi) is 2.44. The van der Waals surface area contributed by atoms with E-state index in [-0.39, 0.29) is 17.2 Å². The normalized spacial score (nSPS) is 10.3. The third-order valence-corrected chi connectivity index (χ3v) is 2.38.